The van der Waals surface area contributed by atoms with Crippen molar-refractivity contribution in [3.63, 3.8) is 0 Å². The van der Waals surface area contributed by atoms with E-state index < -0.39 is 34.5 Å². The molecule has 1 aromatic rings. The van der Waals surface area contributed by atoms with Crippen LogP contribution in [0.25, 0.3) is 0 Å². The number of hydrogen-bond donors (Lipinski definition) is 2. The van der Waals surface area contributed by atoms with Crippen LogP contribution in [0.2, 0.25) is 0 Å². The fourth-order valence-electron chi connectivity index (χ4n) is 3.05. The lowest BCUT2D eigenvalue weighted by atomic mass is 10.0. The predicted molar refractivity (Wildman–Crippen MR) is 106 cm³/mol. The number of rotatable bonds is 5. The molecule has 2 aliphatic rings. The van der Waals surface area contributed by atoms with E-state index in [4.69, 9.17) is 0 Å². The maximum atomic E-state index is 12.6. The molecule has 1 fully saturated rings. The normalized spacial score (nSPS) is 24.0. The fraction of sp³-hybridized carbons (Fsp3) is 0.235. The molecule has 2 amide bonds. The molecule has 2 aliphatic heterocycles. The highest BCUT2D eigenvalue weighted by Crippen LogP contribution is 2.38. The van der Waals surface area contributed by atoms with Crippen LogP contribution in [-0.4, -0.2) is 49.5 Å². The van der Waals surface area contributed by atoms with Gasteiger partial charge in [-0.2, -0.15) is 0 Å². The molecule has 142 valence electrons. The second-order valence-corrected chi connectivity index (χ2v) is 10.3. The number of aliphatic carboxylic acids is 1. The minimum absolute atomic E-state index is 0.0260. The molecule has 3 atom stereocenters. The van der Waals surface area contributed by atoms with Crippen molar-refractivity contribution in [3.8, 4) is 0 Å². The Morgan fingerprint density at radius 3 is 2.59 bits per heavy atom. The second-order valence-electron chi connectivity index (χ2n) is 5.94. The molecule has 10 heteroatoms. The lowest BCUT2D eigenvalue weighted by Gasteiger charge is -2.48. The summed E-state index contributed by atoms with van der Waals surface area (Å²) in [6.45, 7) is 0. The summed E-state index contributed by atoms with van der Waals surface area (Å²) in [5, 5.41) is 11.2. The van der Waals surface area contributed by atoms with Crippen molar-refractivity contribution in [1.29, 1.82) is 0 Å². The molecule has 0 bridgehead atoms. The molecule has 0 aromatic heterocycles. The maximum absolute atomic E-state index is 12.6. The first kappa shape index (κ1) is 20.1. The van der Waals surface area contributed by atoms with Gasteiger partial charge in [0, 0.05) is 5.57 Å². The Bertz CT molecular complexity index is 854. The Morgan fingerprint density at radius 1 is 1.33 bits per heavy atom. The van der Waals surface area contributed by atoms with Crippen molar-refractivity contribution < 1.29 is 24.0 Å². The van der Waals surface area contributed by atoms with Gasteiger partial charge in [0.2, 0.25) is 11.3 Å². The largest absolute Gasteiger partial charge is 0.614 e. The number of halogens is 2. The minimum atomic E-state index is -1.54. The smallest absolute Gasteiger partial charge is 0.353 e. The van der Waals surface area contributed by atoms with Crippen LogP contribution in [0.1, 0.15) is 5.56 Å². The Hall–Kier alpha value is -1.62. The van der Waals surface area contributed by atoms with Crippen LogP contribution in [-0.2, 0) is 32.0 Å². The molecule has 7 nitrogen and oxygen atoms in total. The van der Waals surface area contributed by atoms with Gasteiger partial charge in [0.1, 0.15) is 11.4 Å². The quantitative estimate of drug-likeness (QED) is 0.455. The van der Waals surface area contributed by atoms with Crippen molar-refractivity contribution in [2.24, 2.45) is 0 Å². The number of nitrogens with one attached hydrogen (secondary N) is 1. The van der Waals surface area contributed by atoms with Crippen LogP contribution in [0.5, 0.6) is 0 Å². The summed E-state index contributed by atoms with van der Waals surface area (Å²) in [6, 6.07) is 8.02. The van der Waals surface area contributed by atoms with E-state index in [9.17, 15) is 24.0 Å². The van der Waals surface area contributed by atoms with Crippen LogP contribution in [0.4, 0.5) is 0 Å². The molecule has 0 saturated carbocycles. The SMILES string of the molecule is O=C(Cc1ccccc1)NC1C(=O)N2C(C(=O)O)=C(C=C(Br)Br)C[S+]([O-])[C@@H]12. The number of carbonyl (C=O) groups excluding carboxylic acids is 2. The van der Waals surface area contributed by atoms with Crippen LogP contribution in [0.3, 0.4) is 0 Å². The van der Waals surface area contributed by atoms with E-state index in [1.54, 1.807) is 24.3 Å². The zero-order valence-corrected chi connectivity index (χ0v) is 17.7. The van der Waals surface area contributed by atoms with E-state index in [1.165, 1.54) is 6.08 Å². The highest BCUT2D eigenvalue weighted by Gasteiger charge is 2.60. The highest BCUT2D eigenvalue weighted by atomic mass is 79.9. The van der Waals surface area contributed by atoms with E-state index in [0.29, 0.717) is 3.39 Å². The van der Waals surface area contributed by atoms with Gasteiger partial charge in [0.05, 0.1) is 9.81 Å². The fourth-order valence-corrected chi connectivity index (χ4v) is 5.24. The predicted octanol–water partition coefficient (Wildman–Crippen LogP) is 1.61. The molecule has 1 aromatic carbocycles. The van der Waals surface area contributed by atoms with Crippen LogP contribution < -0.4 is 5.32 Å². The average Bonchev–Trinajstić information content (AvgIpc) is 2.59. The number of carboxylic acid groups (broad SMARTS) is 1. The molecule has 2 heterocycles. The third-order valence-corrected chi connectivity index (χ3v) is 6.24. The van der Waals surface area contributed by atoms with Crippen LogP contribution in [0.15, 0.2) is 51.1 Å². The summed E-state index contributed by atoms with van der Waals surface area (Å²) in [7, 11) is 0. The van der Waals surface area contributed by atoms with Gasteiger partial charge in [-0.1, -0.05) is 30.3 Å². The zero-order chi connectivity index (χ0) is 19.7. The first-order chi connectivity index (χ1) is 12.8. The second kappa shape index (κ2) is 8.17. The molecular formula is C17H14Br2N2O5S. The van der Waals surface area contributed by atoms with Crippen LogP contribution >= 0.6 is 31.9 Å². The van der Waals surface area contributed by atoms with E-state index in [1.807, 2.05) is 6.07 Å². The highest BCUT2D eigenvalue weighted by molar-refractivity contribution is 9.28. The van der Waals surface area contributed by atoms with Gasteiger partial charge in [-0.05, 0) is 54.7 Å². The first-order valence-electron chi connectivity index (χ1n) is 7.82. The monoisotopic (exact) mass is 516 g/mol. The van der Waals surface area contributed by atoms with E-state index in [2.05, 4.69) is 37.2 Å². The molecule has 0 spiro atoms. The van der Waals surface area contributed by atoms with Gasteiger partial charge >= 0.3 is 5.97 Å². The third-order valence-electron chi connectivity index (χ3n) is 4.17. The standard InChI is InChI=1S/C17H14Br2N2O5S/c18-11(19)7-10-8-27(26)16-13(15(23)21(16)14(10)17(24)25)20-12(22)6-9-4-2-1-3-5-9/h1-5,7,13,16H,6,8H2,(H,20,22)(H,24,25)/t13?,16-,27?/m0/s1. The molecule has 0 aliphatic carbocycles. The van der Waals surface area contributed by atoms with E-state index in [-0.39, 0.29) is 29.4 Å². The lowest BCUT2D eigenvalue weighted by molar-refractivity contribution is -0.151. The summed E-state index contributed by atoms with van der Waals surface area (Å²) in [5.74, 6) is -2.28. The van der Waals surface area contributed by atoms with Crippen molar-refractivity contribution >= 4 is 60.8 Å². The van der Waals surface area contributed by atoms with E-state index in [0.717, 1.165) is 10.5 Å². The number of β-lactam (4-membered cyclic amide) rings is 1. The Morgan fingerprint density at radius 2 is 2.00 bits per heavy atom. The van der Waals surface area contributed by atoms with Gasteiger partial charge in [0.15, 0.2) is 6.04 Å². The molecule has 3 rings (SSSR count). The van der Waals surface area contributed by atoms with Crippen molar-refractivity contribution in [2.75, 3.05) is 5.75 Å². The maximum Gasteiger partial charge on any atom is 0.353 e. The summed E-state index contributed by atoms with van der Waals surface area (Å²) in [5.41, 5.74) is 0.835. The van der Waals surface area contributed by atoms with Crippen molar-refractivity contribution in [2.45, 2.75) is 17.8 Å². The van der Waals surface area contributed by atoms with Gasteiger partial charge in [0.25, 0.3) is 5.91 Å². The number of carboxylic acids is 1. The van der Waals surface area contributed by atoms with E-state index >= 15 is 0 Å². The number of benzene rings is 1. The third kappa shape index (κ3) is 4.13. The Kier molecular flexibility index (Phi) is 6.09. The van der Waals surface area contributed by atoms with Gasteiger partial charge in [-0.15, -0.1) is 0 Å². The molecule has 2 unspecified atom stereocenters. The van der Waals surface area contributed by atoms with Crippen molar-refractivity contribution in [3.05, 3.63) is 56.6 Å². The van der Waals surface area contributed by atoms with Crippen molar-refractivity contribution in [1.82, 2.24) is 10.2 Å². The summed E-state index contributed by atoms with van der Waals surface area (Å²) in [6.07, 6.45) is 1.54. The van der Waals surface area contributed by atoms with Crippen LogP contribution in [0, 0.1) is 0 Å². The topological polar surface area (TPSA) is 110 Å². The Labute approximate surface area is 174 Å². The summed E-state index contributed by atoms with van der Waals surface area (Å²) < 4.78 is 13.1. The number of nitrogens with zero attached hydrogens (tertiary/aromatic N) is 1. The minimum Gasteiger partial charge on any atom is -0.614 e. The number of allylic oxidation sites excluding steroid dienone is 1. The zero-order valence-electron chi connectivity index (χ0n) is 13.7. The number of fused-ring (bicyclic) bond motifs is 1. The van der Waals surface area contributed by atoms with Gasteiger partial charge in [-0.3, -0.25) is 14.5 Å². The lowest BCUT2D eigenvalue weighted by Crippen LogP contribution is -2.74. The first-order valence-corrected chi connectivity index (χ1v) is 10.8. The Balaban J connectivity index is 1.79. The molecule has 27 heavy (non-hydrogen) atoms. The number of carbonyl (C=O) groups is 3. The van der Waals surface area contributed by atoms with Gasteiger partial charge < -0.3 is 15.0 Å². The number of hydrogen-bond acceptors (Lipinski definition) is 4. The molecular weight excluding hydrogens is 504 g/mol. The summed E-state index contributed by atoms with van der Waals surface area (Å²) in [4.78, 5) is 37.4. The van der Waals surface area contributed by atoms with Gasteiger partial charge in [-0.25, -0.2) is 4.79 Å². The molecule has 1 saturated heterocycles. The average molecular weight is 518 g/mol. The molecule has 0 radical (unpaired) electrons. The summed E-state index contributed by atoms with van der Waals surface area (Å²) >= 11 is 4.74. The number of amides is 2. The molecule has 2 N–H and O–H groups in total.